The smallest absolute Gasteiger partial charge is 0.173 e. The molecule has 1 aliphatic rings. The highest BCUT2D eigenvalue weighted by Gasteiger charge is 2.22. The van der Waals surface area contributed by atoms with Crippen molar-refractivity contribution in [1.82, 2.24) is 4.90 Å². The fraction of sp³-hybridized carbons (Fsp3) is 0.533. The number of piperidine rings is 1. The zero-order valence-corrected chi connectivity index (χ0v) is 12.5. The predicted octanol–water partition coefficient (Wildman–Crippen LogP) is 3.66. The Bertz CT molecular complexity index is 436. The average molecular weight is 278 g/mol. The summed E-state index contributed by atoms with van der Waals surface area (Å²) in [6.07, 6.45) is 4.95. The molecule has 1 saturated heterocycles. The molecule has 3 nitrogen and oxygen atoms in total. The van der Waals surface area contributed by atoms with Gasteiger partial charge in [0.05, 0.1) is 7.11 Å². The van der Waals surface area contributed by atoms with Crippen molar-refractivity contribution in [3.63, 3.8) is 0 Å². The molecule has 1 atom stereocenters. The molecule has 104 valence electrons. The van der Waals surface area contributed by atoms with Crippen molar-refractivity contribution in [3.05, 3.63) is 24.3 Å². The SMILES string of the molecule is CC[C@@H]1CCCCN1C(=S)Nc1cccc(OC)c1. The molecular weight excluding hydrogens is 256 g/mol. The molecule has 1 fully saturated rings. The Morgan fingerprint density at radius 3 is 3.05 bits per heavy atom. The average Bonchev–Trinajstić information content (AvgIpc) is 2.47. The molecule has 0 saturated carbocycles. The minimum Gasteiger partial charge on any atom is -0.497 e. The monoisotopic (exact) mass is 278 g/mol. The van der Waals surface area contributed by atoms with E-state index in [0.29, 0.717) is 6.04 Å². The van der Waals surface area contributed by atoms with E-state index in [-0.39, 0.29) is 0 Å². The van der Waals surface area contributed by atoms with Gasteiger partial charge in [-0.3, -0.25) is 0 Å². The molecule has 19 heavy (non-hydrogen) atoms. The van der Waals surface area contributed by atoms with Crippen LogP contribution in [-0.4, -0.2) is 29.7 Å². The Morgan fingerprint density at radius 1 is 1.47 bits per heavy atom. The van der Waals surface area contributed by atoms with E-state index in [4.69, 9.17) is 17.0 Å². The summed E-state index contributed by atoms with van der Waals surface area (Å²) in [5, 5.41) is 4.16. The van der Waals surface area contributed by atoms with E-state index in [9.17, 15) is 0 Å². The van der Waals surface area contributed by atoms with E-state index in [2.05, 4.69) is 17.1 Å². The van der Waals surface area contributed by atoms with Crippen molar-refractivity contribution >= 4 is 23.0 Å². The number of benzene rings is 1. The van der Waals surface area contributed by atoms with Gasteiger partial charge >= 0.3 is 0 Å². The van der Waals surface area contributed by atoms with E-state index >= 15 is 0 Å². The lowest BCUT2D eigenvalue weighted by atomic mass is 10.0. The Hall–Kier alpha value is -1.29. The van der Waals surface area contributed by atoms with Crippen LogP contribution in [0.3, 0.4) is 0 Å². The van der Waals surface area contributed by atoms with Crippen molar-refractivity contribution < 1.29 is 4.74 Å². The highest BCUT2D eigenvalue weighted by atomic mass is 32.1. The summed E-state index contributed by atoms with van der Waals surface area (Å²) in [6, 6.07) is 8.47. The standard InChI is InChI=1S/C15H22N2OS/c1-3-13-8-4-5-10-17(13)15(19)16-12-7-6-9-14(11-12)18-2/h6-7,9,11,13H,3-5,8,10H2,1-2H3,(H,16,19)/t13-/m1/s1. The maximum Gasteiger partial charge on any atom is 0.173 e. The maximum atomic E-state index is 5.55. The summed E-state index contributed by atoms with van der Waals surface area (Å²) in [5.74, 6) is 0.846. The lowest BCUT2D eigenvalue weighted by Crippen LogP contribution is -2.45. The van der Waals surface area contributed by atoms with Gasteiger partial charge in [0.25, 0.3) is 0 Å². The molecule has 0 aliphatic carbocycles. The van der Waals surface area contributed by atoms with Gasteiger partial charge < -0.3 is 15.0 Å². The molecular formula is C15H22N2OS. The number of ether oxygens (including phenoxy) is 1. The number of hydrogen-bond acceptors (Lipinski definition) is 2. The molecule has 0 aromatic heterocycles. The number of methoxy groups -OCH3 is 1. The normalized spacial score (nSPS) is 19.1. The van der Waals surface area contributed by atoms with Crippen LogP contribution in [0.25, 0.3) is 0 Å². The molecule has 1 aromatic carbocycles. The van der Waals surface area contributed by atoms with Crippen LogP contribution in [0.1, 0.15) is 32.6 Å². The first-order chi connectivity index (χ1) is 9.24. The maximum absolute atomic E-state index is 5.55. The van der Waals surface area contributed by atoms with Crippen LogP contribution < -0.4 is 10.1 Å². The van der Waals surface area contributed by atoms with Crippen LogP contribution >= 0.6 is 12.2 Å². The first-order valence-electron chi connectivity index (χ1n) is 6.96. The molecule has 0 unspecified atom stereocenters. The van der Waals surface area contributed by atoms with Gasteiger partial charge in [-0.1, -0.05) is 13.0 Å². The lowest BCUT2D eigenvalue weighted by molar-refractivity contribution is 0.239. The van der Waals surface area contributed by atoms with Gasteiger partial charge in [0.15, 0.2) is 5.11 Å². The Labute approximate surface area is 120 Å². The summed E-state index contributed by atoms with van der Waals surface area (Å²) >= 11 is 5.55. The second-order valence-corrected chi connectivity index (χ2v) is 5.30. The highest BCUT2D eigenvalue weighted by molar-refractivity contribution is 7.80. The summed E-state index contributed by atoms with van der Waals surface area (Å²) in [5.41, 5.74) is 0.991. The summed E-state index contributed by atoms with van der Waals surface area (Å²) in [7, 11) is 1.68. The third kappa shape index (κ3) is 3.60. The highest BCUT2D eigenvalue weighted by Crippen LogP contribution is 2.22. The molecule has 2 rings (SSSR count). The van der Waals surface area contributed by atoms with Crippen molar-refractivity contribution in [2.24, 2.45) is 0 Å². The fourth-order valence-electron chi connectivity index (χ4n) is 2.59. The van der Waals surface area contributed by atoms with Crippen LogP contribution in [0.5, 0.6) is 5.75 Å². The summed E-state index contributed by atoms with van der Waals surface area (Å²) in [4.78, 5) is 2.33. The number of nitrogens with one attached hydrogen (secondary N) is 1. The first kappa shape index (κ1) is 14.1. The molecule has 1 aliphatic heterocycles. The number of likely N-dealkylation sites (tertiary alicyclic amines) is 1. The van der Waals surface area contributed by atoms with Crippen LogP contribution in [-0.2, 0) is 0 Å². The topological polar surface area (TPSA) is 24.5 Å². The Kier molecular flexibility index (Phi) is 5.02. The number of hydrogen-bond donors (Lipinski definition) is 1. The van der Waals surface area contributed by atoms with Crippen molar-refractivity contribution in [2.75, 3.05) is 19.0 Å². The quantitative estimate of drug-likeness (QED) is 0.853. The van der Waals surface area contributed by atoms with Gasteiger partial charge in [-0.15, -0.1) is 0 Å². The summed E-state index contributed by atoms with van der Waals surface area (Å²) < 4.78 is 5.23. The zero-order chi connectivity index (χ0) is 13.7. The second-order valence-electron chi connectivity index (χ2n) is 4.91. The molecule has 1 N–H and O–H groups in total. The second kappa shape index (κ2) is 6.75. The number of thiocarbonyl (C=S) groups is 1. The number of nitrogens with zero attached hydrogens (tertiary/aromatic N) is 1. The molecule has 4 heteroatoms. The van der Waals surface area contributed by atoms with Gasteiger partial charge in [-0.2, -0.15) is 0 Å². The minimum atomic E-state index is 0.583. The van der Waals surface area contributed by atoms with Crippen molar-refractivity contribution in [3.8, 4) is 5.75 Å². The number of rotatable bonds is 3. The van der Waals surface area contributed by atoms with Gasteiger partial charge in [0, 0.05) is 24.3 Å². The lowest BCUT2D eigenvalue weighted by Gasteiger charge is -2.37. The first-order valence-corrected chi connectivity index (χ1v) is 7.37. The largest absolute Gasteiger partial charge is 0.497 e. The molecule has 1 aromatic rings. The fourth-order valence-corrected chi connectivity index (χ4v) is 2.95. The van der Waals surface area contributed by atoms with Gasteiger partial charge in [-0.05, 0) is 50.0 Å². The molecule has 0 amide bonds. The van der Waals surface area contributed by atoms with E-state index in [1.807, 2.05) is 24.3 Å². The van der Waals surface area contributed by atoms with E-state index in [1.54, 1.807) is 7.11 Å². The third-order valence-corrected chi connectivity index (χ3v) is 4.02. The zero-order valence-electron chi connectivity index (χ0n) is 11.7. The van der Waals surface area contributed by atoms with E-state index in [1.165, 1.54) is 19.3 Å². The van der Waals surface area contributed by atoms with Crippen LogP contribution in [0.2, 0.25) is 0 Å². The van der Waals surface area contributed by atoms with Crippen LogP contribution in [0.15, 0.2) is 24.3 Å². The minimum absolute atomic E-state index is 0.583. The molecule has 0 spiro atoms. The molecule has 0 radical (unpaired) electrons. The predicted molar refractivity (Wildman–Crippen MR) is 83.9 cm³/mol. The van der Waals surface area contributed by atoms with Crippen molar-refractivity contribution in [2.45, 2.75) is 38.6 Å². The summed E-state index contributed by atoms with van der Waals surface area (Å²) in [6.45, 7) is 3.30. The van der Waals surface area contributed by atoms with Crippen molar-refractivity contribution in [1.29, 1.82) is 0 Å². The van der Waals surface area contributed by atoms with Gasteiger partial charge in [-0.25, -0.2) is 0 Å². The third-order valence-electron chi connectivity index (χ3n) is 3.68. The molecule has 0 bridgehead atoms. The van der Waals surface area contributed by atoms with E-state index in [0.717, 1.165) is 29.5 Å². The van der Waals surface area contributed by atoms with Gasteiger partial charge in [0.1, 0.15) is 5.75 Å². The van der Waals surface area contributed by atoms with Crippen LogP contribution in [0, 0.1) is 0 Å². The number of anilines is 1. The Balaban J connectivity index is 2.02. The molecule has 1 heterocycles. The van der Waals surface area contributed by atoms with Crippen LogP contribution in [0.4, 0.5) is 5.69 Å². The van der Waals surface area contributed by atoms with E-state index < -0.39 is 0 Å². The van der Waals surface area contributed by atoms with Gasteiger partial charge in [0.2, 0.25) is 0 Å². The Morgan fingerprint density at radius 2 is 2.32 bits per heavy atom.